The van der Waals surface area contributed by atoms with Gasteiger partial charge in [0, 0.05) is 32.4 Å². The maximum Gasteiger partial charge on any atom is 0.290 e. The fraction of sp³-hybridized carbons (Fsp3) is 0.611. The third-order valence-electron chi connectivity index (χ3n) is 5.19. The lowest BCUT2D eigenvalue weighted by molar-refractivity contribution is 0.0652. The van der Waals surface area contributed by atoms with Gasteiger partial charge in [-0.2, -0.15) is 5.10 Å². The van der Waals surface area contributed by atoms with Crippen molar-refractivity contribution in [3.05, 3.63) is 34.8 Å². The Bertz CT molecular complexity index is 777. The second-order valence-electron chi connectivity index (χ2n) is 6.99. The van der Waals surface area contributed by atoms with E-state index in [1.807, 2.05) is 19.9 Å². The number of aryl methyl sites for hydroxylation is 2. The standard InChI is InChI=1S/C18H24N4O3/c1-4-14-10(2)7-15(25-14)18(23)22-9-12(24-3)8-13(22)17-19-16(20-21-17)11-5-6-11/h7,11-13H,4-6,8-9H2,1-3H3,(H,19,20,21)/t12-,13+/m1/s1. The molecule has 1 N–H and O–H groups in total. The summed E-state index contributed by atoms with van der Waals surface area (Å²) in [6.45, 7) is 4.52. The van der Waals surface area contributed by atoms with Crippen LogP contribution in [0.25, 0.3) is 0 Å². The first-order valence-electron chi connectivity index (χ1n) is 8.96. The Morgan fingerprint density at radius 2 is 2.28 bits per heavy atom. The number of ether oxygens (including phenoxy) is 1. The highest BCUT2D eigenvalue weighted by molar-refractivity contribution is 5.92. The normalized spacial score (nSPS) is 23.4. The fourth-order valence-electron chi connectivity index (χ4n) is 3.53. The summed E-state index contributed by atoms with van der Waals surface area (Å²) in [6.07, 6.45) is 3.77. The Kier molecular flexibility index (Phi) is 4.11. The number of hydrogen-bond donors (Lipinski definition) is 1. The van der Waals surface area contributed by atoms with Gasteiger partial charge < -0.3 is 14.1 Å². The van der Waals surface area contributed by atoms with Crippen LogP contribution in [-0.4, -0.2) is 45.7 Å². The van der Waals surface area contributed by atoms with E-state index in [0.717, 1.165) is 42.2 Å². The Balaban J connectivity index is 1.60. The minimum Gasteiger partial charge on any atom is -0.456 e. The molecule has 1 aliphatic carbocycles. The molecule has 2 fully saturated rings. The molecule has 134 valence electrons. The monoisotopic (exact) mass is 344 g/mol. The number of H-pyrrole nitrogens is 1. The number of nitrogens with zero attached hydrogens (tertiary/aromatic N) is 3. The summed E-state index contributed by atoms with van der Waals surface area (Å²) >= 11 is 0. The van der Waals surface area contributed by atoms with Crippen LogP contribution in [0.3, 0.4) is 0 Å². The van der Waals surface area contributed by atoms with Crippen molar-refractivity contribution in [1.82, 2.24) is 20.1 Å². The summed E-state index contributed by atoms with van der Waals surface area (Å²) in [7, 11) is 1.68. The van der Waals surface area contributed by atoms with E-state index in [1.165, 1.54) is 0 Å². The maximum atomic E-state index is 13.0. The number of likely N-dealkylation sites (tertiary alicyclic amines) is 1. The van der Waals surface area contributed by atoms with E-state index in [9.17, 15) is 4.79 Å². The molecule has 0 unspecified atom stereocenters. The Morgan fingerprint density at radius 3 is 2.92 bits per heavy atom. The van der Waals surface area contributed by atoms with E-state index in [1.54, 1.807) is 12.0 Å². The number of carbonyl (C=O) groups excluding carboxylic acids is 1. The van der Waals surface area contributed by atoms with E-state index < -0.39 is 0 Å². The van der Waals surface area contributed by atoms with Crippen LogP contribution in [0.4, 0.5) is 0 Å². The third kappa shape index (κ3) is 2.97. The number of nitrogens with one attached hydrogen (secondary N) is 1. The van der Waals surface area contributed by atoms with Crippen LogP contribution in [0, 0.1) is 6.92 Å². The molecule has 1 saturated carbocycles. The lowest BCUT2D eigenvalue weighted by Gasteiger charge is -2.21. The zero-order chi connectivity index (χ0) is 17.6. The lowest BCUT2D eigenvalue weighted by atomic mass is 10.2. The zero-order valence-corrected chi connectivity index (χ0v) is 14.9. The molecule has 1 saturated heterocycles. The maximum absolute atomic E-state index is 13.0. The van der Waals surface area contributed by atoms with Crippen LogP contribution in [0.1, 0.15) is 71.7 Å². The molecule has 0 aromatic carbocycles. The summed E-state index contributed by atoms with van der Waals surface area (Å²) in [5.74, 6) is 3.22. The van der Waals surface area contributed by atoms with Gasteiger partial charge >= 0.3 is 0 Å². The minimum absolute atomic E-state index is 0.00914. The molecule has 1 amide bonds. The average Bonchev–Trinajstić information content (AvgIpc) is 3.06. The molecule has 3 heterocycles. The number of rotatable bonds is 5. The largest absolute Gasteiger partial charge is 0.456 e. The summed E-state index contributed by atoms with van der Waals surface area (Å²) in [4.78, 5) is 19.5. The van der Waals surface area contributed by atoms with Gasteiger partial charge in [0.25, 0.3) is 5.91 Å². The molecule has 4 rings (SSSR count). The van der Waals surface area contributed by atoms with Crippen LogP contribution < -0.4 is 0 Å². The second-order valence-corrected chi connectivity index (χ2v) is 6.99. The van der Waals surface area contributed by atoms with Gasteiger partial charge in [0.05, 0.1) is 12.1 Å². The van der Waals surface area contributed by atoms with Crippen molar-refractivity contribution in [2.75, 3.05) is 13.7 Å². The molecule has 0 radical (unpaired) electrons. The Morgan fingerprint density at radius 1 is 1.48 bits per heavy atom. The van der Waals surface area contributed by atoms with Crippen LogP contribution in [0.15, 0.2) is 10.5 Å². The van der Waals surface area contributed by atoms with Crippen molar-refractivity contribution in [3.63, 3.8) is 0 Å². The number of hydrogen-bond acceptors (Lipinski definition) is 5. The smallest absolute Gasteiger partial charge is 0.290 e. The van der Waals surface area contributed by atoms with E-state index in [4.69, 9.17) is 9.15 Å². The SMILES string of the molecule is CCc1oc(C(=O)N2C[C@H](OC)C[C@H]2c2nc(C3CC3)n[nH]2)cc1C. The first kappa shape index (κ1) is 16.3. The molecule has 1 aliphatic heterocycles. The molecule has 0 spiro atoms. The summed E-state index contributed by atoms with van der Waals surface area (Å²) in [5.41, 5.74) is 1.01. The number of carbonyl (C=O) groups is 1. The predicted octanol–water partition coefficient (Wildman–Crippen LogP) is 2.75. The first-order valence-corrected chi connectivity index (χ1v) is 8.96. The second kappa shape index (κ2) is 6.29. The molecule has 2 aliphatic rings. The highest BCUT2D eigenvalue weighted by Gasteiger charge is 2.40. The van der Waals surface area contributed by atoms with Crippen LogP contribution in [-0.2, 0) is 11.2 Å². The minimum atomic E-state index is -0.159. The number of methoxy groups -OCH3 is 1. The molecule has 7 heteroatoms. The highest BCUT2D eigenvalue weighted by Crippen LogP contribution is 2.39. The third-order valence-corrected chi connectivity index (χ3v) is 5.19. The molecule has 2 aromatic rings. The fourth-order valence-corrected chi connectivity index (χ4v) is 3.53. The Labute approximate surface area is 146 Å². The molecular weight excluding hydrogens is 320 g/mol. The lowest BCUT2D eigenvalue weighted by Crippen LogP contribution is -2.32. The zero-order valence-electron chi connectivity index (χ0n) is 14.9. The van der Waals surface area contributed by atoms with Crippen molar-refractivity contribution in [2.45, 2.75) is 57.6 Å². The molecule has 0 bridgehead atoms. The van der Waals surface area contributed by atoms with Gasteiger partial charge in [0.2, 0.25) is 0 Å². The predicted molar refractivity (Wildman–Crippen MR) is 90.4 cm³/mol. The van der Waals surface area contributed by atoms with Gasteiger partial charge in [-0.1, -0.05) is 6.92 Å². The number of aromatic amines is 1. The van der Waals surface area contributed by atoms with Gasteiger partial charge in [-0.05, 0) is 31.4 Å². The van der Waals surface area contributed by atoms with Crippen LogP contribution in [0.2, 0.25) is 0 Å². The molecule has 2 aromatic heterocycles. The number of aromatic nitrogens is 3. The average molecular weight is 344 g/mol. The van der Waals surface area contributed by atoms with E-state index >= 15 is 0 Å². The topological polar surface area (TPSA) is 84.2 Å². The van der Waals surface area contributed by atoms with Crippen molar-refractivity contribution in [2.24, 2.45) is 0 Å². The number of furan rings is 1. The summed E-state index contributed by atoms with van der Waals surface area (Å²) in [6, 6.07) is 1.67. The van der Waals surface area contributed by atoms with E-state index in [2.05, 4.69) is 15.2 Å². The van der Waals surface area contributed by atoms with Crippen LogP contribution >= 0.6 is 0 Å². The molecule has 25 heavy (non-hydrogen) atoms. The molecule has 7 nitrogen and oxygen atoms in total. The molecular formula is C18H24N4O3. The van der Waals surface area contributed by atoms with E-state index in [-0.39, 0.29) is 18.1 Å². The van der Waals surface area contributed by atoms with Gasteiger partial charge in [-0.3, -0.25) is 9.89 Å². The van der Waals surface area contributed by atoms with Gasteiger partial charge in [0.1, 0.15) is 11.6 Å². The van der Waals surface area contributed by atoms with Gasteiger partial charge in [0.15, 0.2) is 11.6 Å². The Hall–Kier alpha value is -2.15. The van der Waals surface area contributed by atoms with Crippen molar-refractivity contribution >= 4 is 5.91 Å². The van der Waals surface area contributed by atoms with Gasteiger partial charge in [-0.25, -0.2) is 4.98 Å². The van der Waals surface area contributed by atoms with Gasteiger partial charge in [-0.15, -0.1) is 0 Å². The summed E-state index contributed by atoms with van der Waals surface area (Å²) < 4.78 is 11.3. The molecule has 2 atom stereocenters. The highest BCUT2D eigenvalue weighted by atomic mass is 16.5. The van der Waals surface area contributed by atoms with Crippen molar-refractivity contribution in [3.8, 4) is 0 Å². The van der Waals surface area contributed by atoms with Crippen molar-refractivity contribution < 1.29 is 13.9 Å². The van der Waals surface area contributed by atoms with Crippen LogP contribution in [0.5, 0.6) is 0 Å². The van der Waals surface area contributed by atoms with Crippen molar-refractivity contribution in [1.29, 1.82) is 0 Å². The van der Waals surface area contributed by atoms with E-state index in [0.29, 0.717) is 24.6 Å². The quantitative estimate of drug-likeness (QED) is 0.901. The summed E-state index contributed by atoms with van der Waals surface area (Å²) in [5, 5.41) is 7.37. The number of amides is 1. The first-order chi connectivity index (χ1) is 12.1.